The van der Waals surface area contributed by atoms with Crippen molar-refractivity contribution in [1.82, 2.24) is 10.2 Å². The van der Waals surface area contributed by atoms with Gasteiger partial charge in [-0.3, -0.25) is 9.59 Å². The highest BCUT2D eigenvalue weighted by atomic mass is 79.9. The maximum absolute atomic E-state index is 13.6. The molecule has 0 unspecified atom stereocenters. The minimum absolute atomic E-state index is 0.133. The molecular formula is C29H30BrFN2O3. The minimum atomic E-state index is -0.712. The van der Waals surface area contributed by atoms with Crippen LogP contribution in [0.3, 0.4) is 0 Å². The van der Waals surface area contributed by atoms with Crippen LogP contribution in [0.2, 0.25) is 0 Å². The van der Waals surface area contributed by atoms with E-state index in [9.17, 15) is 14.0 Å². The molecule has 7 heteroatoms. The lowest BCUT2D eigenvalue weighted by atomic mass is 10.0. The molecule has 188 valence electrons. The van der Waals surface area contributed by atoms with Gasteiger partial charge in [0, 0.05) is 23.5 Å². The summed E-state index contributed by atoms with van der Waals surface area (Å²) < 4.78 is 19.9. The van der Waals surface area contributed by atoms with E-state index in [1.165, 1.54) is 24.3 Å². The second kappa shape index (κ2) is 12.7. The second-order valence-electron chi connectivity index (χ2n) is 9.09. The average molecular weight is 553 g/mol. The number of carbonyl (C=O) groups is 2. The predicted octanol–water partition coefficient (Wildman–Crippen LogP) is 5.67. The Balaban J connectivity index is 1.60. The maximum Gasteiger partial charge on any atom is 0.261 e. The fraction of sp³-hybridized carbons (Fsp3) is 0.310. The molecule has 1 saturated carbocycles. The fourth-order valence-electron chi connectivity index (χ4n) is 4.51. The van der Waals surface area contributed by atoms with Gasteiger partial charge in [-0.15, -0.1) is 0 Å². The van der Waals surface area contributed by atoms with Crippen LogP contribution >= 0.6 is 15.9 Å². The Morgan fingerprint density at radius 1 is 0.972 bits per heavy atom. The maximum atomic E-state index is 13.6. The van der Waals surface area contributed by atoms with E-state index in [0.717, 1.165) is 41.3 Å². The van der Waals surface area contributed by atoms with Crippen molar-refractivity contribution in [2.45, 2.75) is 50.7 Å². The van der Waals surface area contributed by atoms with Crippen LogP contribution in [0.5, 0.6) is 5.75 Å². The molecule has 1 N–H and O–H groups in total. The normalized spacial score (nSPS) is 14.3. The molecule has 0 bridgehead atoms. The molecule has 4 rings (SSSR count). The van der Waals surface area contributed by atoms with Crippen molar-refractivity contribution in [2.24, 2.45) is 0 Å². The van der Waals surface area contributed by atoms with E-state index in [1.807, 2.05) is 54.6 Å². The fourth-order valence-corrected chi connectivity index (χ4v) is 4.96. The summed E-state index contributed by atoms with van der Waals surface area (Å²) >= 11 is 3.50. The van der Waals surface area contributed by atoms with Gasteiger partial charge < -0.3 is 15.0 Å². The lowest BCUT2D eigenvalue weighted by molar-refractivity contribution is -0.143. The quantitative estimate of drug-likeness (QED) is 0.352. The molecule has 0 saturated heterocycles. The van der Waals surface area contributed by atoms with Crippen LogP contribution in [0.25, 0.3) is 0 Å². The zero-order valence-electron chi connectivity index (χ0n) is 20.0. The van der Waals surface area contributed by atoms with Crippen molar-refractivity contribution in [1.29, 1.82) is 0 Å². The third-order valence-electron chi connectivity index (χ3n) is 6.39. The van der Waals surface area contributed by atoms with Gasteiger partial charge in [0.15, 0.2) is 6.61 Å². The molecule has 3 aromatic rings. The number of ether oxygens (including phenoxy) is 1. The highest BCUT2D eigenvalue weighted by molar-refractivity contribution is 9.10. The van der Waals surface area contributed by atoms with Gasteiger partial charge in [0.05, 0.1) is 0 Å². The van der Waals surface area contributed by atoms with Gasteiger partial charge in [-0.05, 0) is 60.4 Å². The Kier molecular flexibility index (Phi) is 9.11. The predicted molar refractivity (Wildman–Crippen MR) is 141 cm³/mol. The molecule has 36 heavy (non-hydrogen) atoms. The smallest absolute Gasteiger partial charge is 0.261 e. The van der Waals surface area contributed by atoms with Crippen molar-refractivity contribution < 1.29 is 18.7 Å². The highest BCUT2D eigenvalue weighted by Crippen LogP contribution is 2.21. The lowest BCUT2D eigenvalue weighted by Crippen LogP contribution is -2.53. The summed E-state index contributed by atoms with van der Waals surface area (Å²) in [6.07, 6.45) is 4.49. The summed E-state index contributed by atoms with van der Waals surface area (Å²) in [5.41, 5.74) is 1.86. The van der Waals surface area contributed by atoms with Gasteiger partial charge >= 0.3 is 0 Å². The van der Waals surface area contributed by atoms with Crippen LogP contribution in [0.4, 0.5) is 4.39 Å². The van der Waals surface area contributed by atoms with Crippen LogP contribution in [0, 0.1) is 5.82 Å². The van der Waals surface area contributed by atoms with Crippen molar-refractivity contribution in [3.63, 3.8) is 0 Å². The monoisotopic (exact) mass is 552 g/mol. The summed E-state index contributed by atoms with van der Waals surface area (Å²) in [7, 11) is 0. The first-order valence-electron chi connectivity index (χ1n) is 12.2. The molecule has 0 aromatic heterocycles. The number of hydrogen-bond acceptors (Lipinski definition) is 3. The molecule has 5 nitrogen and oxygen atoms in total. The molecule has 1 aliphatic carbocycles. The molecule has 1 aliphatic rings. The van der Waals surface area contributed by atoms with Gasteiger partial charge in [0.2, 0.25) is 5.91 Å². The summed E-state index contributed by atoms with van der Waals surface area (Å²) in [5.74, 6) is -0.462. The van der Waals surface area contributed by atoms with Crippen LogP contribution in [-0.4, -0.2) is 35.4 Å². The van der Waals surface area contributed by atoms with E-state index < -0.39 is 6.04 Å². The Hall–Kier alpha value is -3.19. The third kappa shape index (κ3) is 7.40. The van der Waals surface area contributed by atoms with Crippen LogP contribution in [0.15, 0.2) is 83.3 Å². The van der Waals surface area contributed by atoms with E-state index in [-0.39, 0.29) is 36.8 Å². The van der Waals surface area contributed by atoms with E-state index >= 15 is 0 Å². The number of benzene rings is 3. The molecule has 0 spiro atoms. The molecule has 2 amide bonds. The van der Waals surface area contributed by atoms with Crippen LogP contribution < -0.4 is 10.1 Å². The Morgan fingerprint density at radius 2 is 1.67 bits per heavy atom. The summed E-state index contributed by atoms with van der Waals surface area (Å²) in [6.45, 7) is -0.0116. The summed E-state index contributed by atoms with van der Waals surface area (Å²) in [4.78, 5) is 28.8. The average Bonchev–Trinajstić information content (AvgIpc) is 3.39. The van der Waals surface area contributed by atoms with E-state index in [1.54, 1.807) is 4.90 Å². The Morgan fingerprint density at radius 3 is 2.36 bits per heavy atom. The minimum Gasteiger partial charge on any atom is -0.484 e. The number of nitrogens with one attached hydrogen (secondary N) is 1. The lowest BCUT2D eigenvalue weighted by Gasteiger charge is -2.32. The molecule has 1 fully saturated rings. The molecule has 0 heterocycles. The first kappa shape index (κ1) is 25.9. The highest BCUT2D eigenvalue weighted by Gasteiger charge is 2.32. The largest absolute Gasteiger partial charge is 0.484 e. The molecule has 3 aromatic carbocycles. The van der Waals surface area contributed by atoms with Crippen molar-refractivity contribution >= 4 is 27.7 Å². The topological polar surface area (TPSA) is 58.6 Å². The number of carbonyl (C=O) groups excluding carboxylic acids is 2. The van der Waals surface area contributed by atoms with Crippen LogP contribution in [-0.2, 0) is 22.6 Å². The van der Waals surface area contributed by atoms with E-state index in [0.29, 0.717) is 12.2 Å². The van der Waals surface area contributed by atoms with Gasteiger partial charge in [-0.25, -0.2) is 4.39 Å². The number of halogens is 2. The standard InChI is InChI=1S/C29H30BrFN2O3/c30-23-10-6-9-22(17-23)19-33(28(34)20-36-26-15-13-24(31)14-16-26)27(18-21-7-2-1-3-8-21)29(35)32-25-11-4-5-12-25/h1-3,6-10,13-17,25,27H,4-5,11-12,18-20H2,(H,32,35)/t27-/m1/s1. The zero-order valence-corrected chi connectivity index (χ0v) is 21.6. The Labute approximate surface area is 219 Å². The summed E-state index contributed by atoms with van der Waals surface area (Å²) in [6, 6.07) is 22.4. The number of nitrogens with zero attached hydrogens (tertiary/aromatic N) is 1. The van der Waals surface area contributed by atoms with Gasteiger partial charge in [-0.1, -0.05) is 71.2 Å². The zero-order chi connectivity index (χ0) is 25.3. The molecule has 0 radical (unpaired) electrons. The third-order valence-corrected chi connectivity index (χ3v) is 6.88. The Bertz CT molecular complexity index is 1150. The SMILES string of the molecule is O=C(NC1CCCC1)[C@@H](Cc1ccccc1)N(Cc1cccc(Br)c1)C(=O)COc1ccc(F)cc1. The van der Waals surface area contributed by atoms with Crippen LogP contribution in [0.1, 0.15) is 36.8 Å². The van der Waals surface area contributed by atoms with E-state index in [4.69, 9.17) is 4.74 Å². The molecule has 1 atom stereocenters. The summed E-state index contributed by atoms with van der Waals surface area (Å²) in [5, 5.41) is 3.19. The number of rotatable bonds is 10. The molecular weight excluding hydrogens is 523 g/mol. The number of amides is 2. The van der Waals surface area contributed by atoms with Crippen molar-refractivity contribution in [3.05, 3.63) is 100 Å². The second-order valence-corrected chi connectivity index (χ2v) is 10.0. The first-order valence-corrected chi connectivity index (χ1v) is 13.0. The first-order chi connectivity index (χ1) is 17.5. The van der Waals surface area contributed by atoms with Gasteiger partial charge in [0.1, 0.15) is 17.6 Å². The van der Waals surface area contributed by atoms with Gasteiger partial charge in [0.25, 0.3) is 5.91 Å². The van der Waals surface area contributed by atoms with Crippen molar-refractivity contribution in [2.75, 3.05) is 6.61 Å². The van der Waals surface area contributed by atoms with Gasteiger partial charge in [-0.2, -0.15) is 0 Å². The van der Waals surface area contributed by atoms with Crippen molar-refractivity contribution in [3.8, 4) is 5.75 Å². The number of hydrogen-bond donors (Lipinski definition) is 1. The molecule has 0 aliphatic heterocycles. The van der Waals surface area contributed by atoms with E-state index in [2.05, 4.69) is 21.2 Å².